The number of rotatable bonds is 4. The number of aromatic nitrogens is 2. The lowest BCUT2D eigenvalue weighted by atomic mass is 9.77. The van der Waals surface area contributed by atoms with E-state index in [1.165, 1.54) is 42.3 Å². The Balaban J connectivity index is 1.99. The molecule has 1 aromatic carbocycles. The van der Waals surface area contributed by atoms with Crippen LogP contribution in [0.2, 0.25) is 0 Å². The molecule has 0 bridgehead atoms. The minimum absolute atomic E-state index is 0.392. The second kappa shape index (κ2) is 6.18. The van der Waals surface area contributed by atoms with Crippen molar-refractivity contribution in [3.8, 4) is 0 Å². The highest BCUT2D eigenvalue weighted by Crippen LogP contribution is 2.38. The Bertz CT molecular complexity index is 602. The molecule has 1 fully saturated rings. The summed E-state index contributed by atoms with van der Waals surface area (Å²) in [5.74, 6) is 1.56. The van der Waals surface area contributed by atoms with E-state index in [2.05, 4.69) is 50.5 Å². The van der Waals surface area contributed by atoms with Crippen LogP contribution >= 0.6 is 0 Å². The normalized spacial score (nSPS) is 24.3. The second-order valence-electron chi connectivity index (χ2n) is 6.59. The van der Waals surface area contributed by atoms with Gasteiger partial charge in [0.1, 0.15) is 0 Å². The molecule has 3 rings (SSSR count). The zero-order valence-corrected chi connectivity index (χ0v) is 13.5. The van der Waals surface area contributed by atoms with Crippen molar-refractivity contribution in [1.82, 2.24) is 15.1 Å². The Morgan fingerprint density at radius 2 is 2.14 bits per heavy atom. The van der Waals surface area contributed by atoms with E-state index in [1.807, 2.05) is 4.68 Å². The van der Waals surface area contributed by atoms with Gasteiger partial charge in [0.2, 0.25) is 0 Å². The first kappa shape index (κ1) is 14.6. The van der Waals surface area contributed by atoms with E-state index in [-0.39, 0.29) is 0 Å². The fraction of sp³-hybridized carbons (Fsp3) is 0.611. The number of hydrogen-bond acceptors (Lipinski definition) is 2. The summed E-state index contributed by atoms with van der Waals surface area (Å²) in [5.41, 5.74) is 2.48. The molecule has 1 aliphatic carbocycles. The Hall–Kier alpha value is -1.35. The lowest BCUT2D eigenvalue weighted by Crippen LogP contribution is -2.31. The standard InChI is InChI=1S/C18H27N3/c1-4-19-17(14-9-7-8-13(2)12-14)18-15-10-5-6-11-16(15)21(3)20-18/h5-6,10-11,13-14,17,19H,4,7-9,12H2,1-3H3. The van der Waals surface area contributed by atoms with Gasteiger partial charge in [-0.05, 0) is 37.3 Å². The molecule has 3 heteroatoms. The molecule has 3 unspecified atom stereocenters. The average molecular weight is 285 g/mol. The quantitative estimate of drug-likeness (QED) is 0.918. The molecular formula is C18H27N3. The highest BCUT2D eigenvalue weighted by atomic mass is 15.3. The van der Waals surface area contributed by atoms with Crippen LogP contribution in [0.3, 0.4) is 0 Å². The number of fused-ring (bicyclic) bond motifs is 1. The third-order valence-corrected chi connectivity index (χ3v) is 4.95. The number of para-hydroxylation sites is 1. The Morgan fingerprint density at radius 3 is 2.90 bits per heavy atom. The molecule has 2 aromatic rings. The van der Waals surface area contributed by atoms with Crippen LogP contribution in [0.5, 0.6) is 0 Å². The molecule has 0 radical (unpaired) electrons. The van der Waals surface area contributed by atoms with Crippen molar-refractivity contribution in [3.05, 3.63) is 30.0 Å². The van der Waals surface area contributed by atoms with Crippen LogP contribution in [0.15, 0.2) is 24.3 Å². The van der Waals surface area contributed by atoms with Gasteiger partial charge in [-0.3, -0.25) is 4.68 Å². The Morgan fingerprint density at radius 1 is 1.33 bits per heavy atom. The summed E-state index contributed by atoms with van der Waals surface area (Å²) in [7, 11) is 2.05. The minimum atomic E-state index is 0.392. The van der Waals surface area contributed by atoms with Gasteiger partial charge in [-0.15, -0.1) is 0 Å². The first-order chi connectivity index (χ1) is 10.2. The molecule has 3 nitrogen and oxygen atoms in total. The fourth-order valence-electron chi connectivity index (χ4n) is 3.96. The van der Waals surface area contributed by atoms with Gasteiger partial charge in [0.25, 0.3) is 0 Å². The van der Waals surface area contributed by atoms with Crippen LogP contribution in [0.25, 0.3) is 10.9 Å². The fourth-order valence-corrected chi connectivity index (χ4v) is 3.96. The van der Waals surface area contributed by atoms with Crippen LogP contribution in [-0.2, 0) is 7.05 Å². The third-order valence-electron chi connectivity index (χ3n) is 4.95. The SMILES string of the molecule is CCNC(c1nn(C)c2ccccc12)C1CCCC(C)C1. The molecule has 0 spiro atoms. The monoisotopic (exact) mass is 285 g/mol. The lowest BCUT2D eigenvalue weighted by Gasteiger charge is -2.33. The third kappa shape index (κ3) is 2.84. The van der Waals surface area contributed by atoms with E-state index in [1.54, 1.807) is 0 Å². The maximum atomic E-state index is 4.86. The summed E-state index contributed by atoms with van der Waals surface area (Å²) in [6.07, 6.45) is 5.40. The predicted molar refractivity (Wildman–Crippen MR) is 88.3 cm³/mol. The van der Waals surface area contributed by atoms with Gasteiger partial charge in [0.05, 0.1) is 17.3 Å². The van der Waals surface area contributed by atoms with Crippen molar-refractivity contribution < 1.29 is 0 Å². The molecule has 0 amide bonds. The molecule has 0 saturated heterocycles. The van der Waals surface area contributed by atoms with Crippen molar-refractivity contribution in [1.29, 1.82) is 0 Å². The predicted octanol–water partition coefficient (Wildman–Crippen LogP) is 4.05. The zero-order chi connectivity index (χ0) is 14.8. The maximum Gasteiger partial charge on any atom is 0.0875 e. The van der Waals surface area contributed by atoms with E-state index in [0.717, 1.165) is 12.5 Å². The minimum Gasteiger partial charge on any atom is -0.309 e. The Labute approximate surface area is 127 Å². The van der Waals surface area contributed by atoms with Gasteiger partial charge >= 0.3 is 0 Å². The zero-order valence-electron chi connectivity index (χ0n) is 13.5. The summed E-state index contributed by atoms with van der Waals surface area (Å²) < 4.78 is 2.03. The maximum absolute atomic E-state index is 4.86. The highest BCUT2D eigenvalue weighted by Gasteiger charge is 2.30. The molecule has 114 valence electrons. The van der Waals surface area contributed by atoms with Crippen LogP contribution in [0.1, 0.15) is 51.3 Å². The number of hydrogen-bond donors (Lipinski definition) is 1. The van der Waals surface area contributed by atoms with Crippen molar-refractivity contribution in [3.63, 3.8) is 0 Å². The smallest absolute Gasteiger partial charge is 0.0875 e. The van der Waals surface area contributed by atoms with E-state index >= 15 is 0 Å². The number of nitrogens with one attached hydrogen (secondary N) is 1. The molecule has 1 saturated carbocycles. The van der Waals surface area contributed by atoms with Crippen molar-refractivity contribution in [2.45, 2.75) is 45.6 Å². The Kier molecular flexibility index (Phi) is 4.29. The molecule has 1 N–H and O–H groups in total. The first-order valence-electron chi connectivity index (χ1n) is 8.35. The van der Waals surface area contributed by atoms with Gasteiger partial charge in [0.15, 0.2) is 0 Å². The lowest BCUT2D eigenvalue weighted by molar-refractivity contribution is 0.223. The summed E-state index contributed by atoms with van der Waals surface area (Å²) in [6, 6.07) is 8.99. The van der Waals surface area contributed by atoms with Crippen molar-refractivity contribution in [2.75, 3.05) is 6.54 Å². The van der Waals surface area contributed by atoms with Gasteiger partial charge in [0, 0.05) is 12.4 Å². The summed E-state index contributed by atoms with van der Waals surface area (Å²) >= 11 is 0. The molecule has 1 heterocycles. The van der Waals surface area contributed by atoms with Crippen LogP contribution in [0.4, 0.5) is 0 Å². The number of benzene rings is 1. The summed E-state index contributed by atoms with van der Waals surface area (Å²) in [5, 5.41) is 9.89. The van der Waals surface area contributed by atoms with Crippen LogP contribution in [-0.4, -0.2) is 16.3 Å². The highest BCUT2D eigenvalue weighted by molar-refractivity contribution is 5.82. The molecule has 0 aliphatic heterocycles. The second-order valence-corrected chi connectivity index (χ2v) is 6.59. The van der Waals surface area contributed by atoms with Gasteiger partial charge in [-0.25, -0.2) is 0 Å². The largest absolute Gasteiger partial charge is 0.309 e. The van der Waals surface area contributed by atoms with Crippen LogP contribution in [0, 0.1) is 11.8 Å². The van der Waals surface area contributed by atoms with Crippen LogP contribution < -0.4 is 5.32 Å². The molecule has 1 aliphatic rings. The first-order valence-corrected chi connectivity index (χ1v) is 8.35. The summed E-state index contributed by atoms with van der Waals surface area (Å²) in [4.78, 5) is 0. The van der Waals surface area contributed by atoms with E-state index in [4.69, 9.17) is 5.10 Å². The van der Waals surface area contributed by atoms with E-state index in [9.17, 15) is 0 Å². The molecule has 1 aromatic heterocycles. The van der Waals surface area contributed by atoms with Gasteiger partial charge in [-0.1, -0.05) is 44.9 Å². The number of aryl methyl sites for hydroxylation is 1. The summed E-state index contributed by atoms with van der Waals surface area (Å²) in [6.45, 7) is 5.59. The van der Waals surface area contributed by atoms with E-state index in [0.29, 0.717) is 12.0 Å². The van der Waals surface area contributed by atoms with Crippen molar-refractivity contribution >= 4 is 10.9 Å². The van der Waals surface area contributed by atoms with Gasteiger partial charge < -0.3 is 5.32 Å². The topological polar surface area (TPSA) is 29.9 Å². The molecular weight excluding hydrogens is 258 g/mol. The number of nitrogens with zero attached hydrogens (tertiary/aromatic N) is 2. The molecule has 3 atom stereocenters. The van der Waals surface area contributed by atoms with Crippen molar-refractivity contribution in [2.24, 2.45) is 18.9 Å². The molecule has 21 heavy (non-hydrogen) atoms. The average Bonchev–Trinajstić information content (AvgIpc) is 2.82. The van der Waals surface area contributed by atoms with Gasteiger partial charge in [-0.2, -0.15) is 5.10 Å². The van der Waals surface area contributed by atoms with E-state index < -0.39 is 0 Å².